The first-order valence-electron chi connectivity index (χ1n) is 4.14. The van der Waals surface area contributed by atoms with Crippen molar-refractivity contribution in [1.29, 1.82) is 0 Å². The average molecular weight is 400 g/mol. The zero-order valence-electron chi connectivity index (χ0n) is 8.61. The van der Waals surface area contributed by atoms with Gasteiger partial charge < -0.3 is 0 Å². The molecule has 0 atom stereocenters. The van der Waals surface area contributed by atoms with Crippen LogP contribution in [0.25, 0.3) is 0 Å². The summed E-state index contributed by atoms with van der Waals surface area (Å²) < 4.78 is 0. The van der Waals surface area contributed by atoms with Crippen LogP contribution >= 0.6 is 34.0 Å². The Morgan fingerprint density at radius 2 is 1.20 bits per heavy atom. The standard InChI is InChI=1S/2C5H5.2BrH.2H2Si.Ti/c2*1-2-4-5-3-1;;;;;/h2*1-3H,4H2;2*1H;2*1H2;/q2*-1;;;;;. The Bertz CT molecular complexity index is 223. The molecule has 0 fully saturated rings. The third kappa shape index (κ3) is 21.0. The molecule has 0 nitrogen and oxygen atoms in total. The average Bonchev–Trinajstić information content (AvgIpc) is 2.85. The fraction of sp³-hybridized carbons (Fsp3) is 0.200. The van der Waals surface area contributed by atoms with Gasteiger partial charge in [0.25, 0.3) is 0 Å². The van der Waals surface area contributed by atoms with Crippen LogP contribution in [0.5, 0.6) is 0 Å². The van der Waals surface area contributed by atoms with Gasteiger partial charge >= 0.3 is 31.9 Å². The molecule has 0 unspecified atom stereocenters. The topological polar surface area (TPSA) is 0 Å². The first-order valence-corrected chi connectivity index (χ1v) is 12.2. The molecule has 0 radical (unpaired) electrons. The second-order valence-corrected chi connectivity index (χ2v) is 11.3. The van der Waals surface area contributed by atoms with Crippen molar-refractivity contribution in [2.75, 3.05) is 0 Å². The number of allylic oxidation sites excluding steroid dienone is 8. The SMILES string of the molecule is Br.Br.[C-]1=CC=CC1.[C-]1=CC=CC1.[SiH2]=[Ti]=[SiH2]. The van der Waals surface area contributed by atoms with Crippen molar-refractivity contribution in [3.8, 4) is 0 Å². The summed E-state index contributed by atoms with van der Waals surface area (Å²) in [6.45, 7) is 0. The molecule has 0 spiro atoms. The van der Waals surface area contributed by atoms with Gasteiger partial charge in [-0.25, -0.2) is 24.3 Å². The number of hydrogen-bond donors (Lipinski definition) is 0. The Labute approximate surface area is 126 Å². The van der Waals surface area contributed by atoms with E-state index >= 15 is 0 Å². The van der Waals surface area contributed by atoms with Crippen LogP contribution in [0.1, 0.15) is 12.8 Å². The van der Waals surface area contributed by atoms with E-state index in [1.54, 1.807) is 0 Å². The summed E-state index contributed by atoms with van der Waals surface area (Å²) in [6, 6.07) is 0. The van der Waals surface area contributed by atoms with Crippen LogP contribution in [0.15, 0.2) is 36.5 Å². The zero-order chi connectivity index (χ0) is 9.78. The predicted molar refractivity (Wildman–Crippen MR) is 80.9 cm³/mol. The summed E-state index contributed by atoms with van der Waals surface area (Å²) in [5, 5.41) is 0. The molecule has 0 saturated carbocycles. The van der Waals surface area contributed by atoms with E-state index in [9.17, 15) is 0 Å². The van der Waals surface area contributed by atoms with Crippen molar-refractivity contribution in [1.82, 2.24) is 0 Å². The minimum atomic E-state index is 0. The summed E-state index contributed by atoms with van der Waals surface area (Å²) >= 11 is 0.556. The molecule has 2 aliphatic carbocycles. The van der Waals surface area contributed by atoms with E-state index in [2.05, 4.69) is 39.6 Å². The third-order valence-corrected chi connectivity index (χ3v) is 1.17. The molecule has 0 aromatic rings. The van der Waals surface area contributed by atoms with Crippen LogP contribution in [0.3, 0.4) is 0 Å². The van der Waals surface area contributed by atoms with Crippen molar-refractivity contribution >= 4 is 49.2 Å². The Kier molecular flexibility index (Phi) is 29.2. The van der Waals surface area contributed by atoms with Crippen molar-refractivity contribution in [2.45, 2.75) is 12.8 Å². The molecule has 0 saturated heterocycles. The molecule has 0 amide bonds. The first kappa shape index (κ1) is 21.4. The van der Waals surface area contributed by atoms with Crippen LogP contribution in [-0.4, -0.2) is 15.3 Å². The molecular formula is C10H16Br2Si2Ti-2. The van der Waals surface area contributed by atoms with E-state index in [1.165, 1.54) is 0 Å². The van der Waals surface area contributed by atoms with Gasteiger partial charge in [-0.3, -0.25) is 12.2 Å². The maximum absolute atomic E-state index is 2.99. The third-order valence-electron chi connectivity index (χ3n) is 1.17. The fourth-order valence-electron chi connectivity index (χ4n) is 0.680. The van der Waals surface area contributed by atoms with Crippen molar-refractivity contribution in [3.05, 3.63) is 48.6 Å². The van der Waals surface area contributed by atoms with E-state index in [-0.39, 0.29) is 34.0 Å². The molecule has 0 aromatic carbocycles. The van der Waals surface area contributed by atoms with Crippen molar-refractivity contribution in [2.24, 2.45) is 0 Å². The second-order valence-electron chi connectivity index (χ2n) is 2.26. The number of hydrogen-bond acceptors (Lipinski definition) is 0. The summed E-state index contributed by atoms with van der Waals surface area (Å²) in [5.74, 6) is 0. The van der Waals surface area contributed by atoms with Gasteiger partial charge in [0.05, 0.1) is 0 Å². The molecule has 0 bridgehead atoms. The second kappa shape index (κ2) is 20.5. The number of rotatable bonds is 0. The maximum atomic E-state index is 2.99. The molecule has 84 valence electrons. The van der Waals surface area contributed by atoms with Gasteiger partial charge in [0, 0.05) is 0 Å². The van der Waals surface area contributed by atoms with Crippen LogP contribution in [0, 0.1) is 12.2 Å². The summed E-state index contributed by atoms with van der Waals surface area (Å²) in [4.78, 5) is 0. The van der Waals surface area contributed by atoms with E-state index in [4.69, 9.17) is 0 Å². The molecule has 0 heterocycles. The molecule has 5 heteroatoms. The van der Waals surface area contributed by atoms with Crippen LogP contribution in [0.4, 0.5) is 0 Å². The van der Waals surface area contributed by atoms with E-state index in [1.807, 2.05) is 24.3 Å². The van der Waals surface area contributed by atoms with Gasteiger partial charge in [-0.15, -0.1) is 46.8 Å². The first-order chi connectivity index (χ1) is 6.41. The predicted octanol–water partition coefficient (Wildman–Crippen LogP) is 1.93. The molecule has 2 rings (SSSR count). The Balaban J connectivity index is -0.000000140. The molecule has 0 aromatic heterocycles. The Morgan fingerprint density at radius 1 is 0.867 bits per heavy atom. The monoisotopic (exact) mass is 398 g/mol. The van der Waals surface area contributed by atoms with E-state index in [0.29, 0.717) is 16.6 Å². The molecule has 0 N–H and O–H groups in total. The Morgan fingerprint density at radius 3 is 1.27 bits per heavy atom. The summed E-state index contributed by atoms with van der Waals surface area (Å²) in [7, 11) is 4.22. The quantitative estimate of drug-likeness (QED) is 0.431. The number of halogens is 2. The normalized spacial score (nSPS) is 12.3. The summed E-state index contributed by atoms with van der Waals surface area (Å²) in [6.07, 6.45) is 20.0. The van der Waals surface area contributed by atoms with E-state index < -0.39 is 0 Å². The van der Waals surface area contributed by atoms with Gasteiger partial charge in [-0.2, -0.15) is 12.2 Å². The zero-order valence-corrected chi connectivity index (χ0v) is 16.4. The van der Waals surface area contributed by atoms with Gasteiger partial charge in [-0.05, 0) is 0 Å². The summed E-state index contributed by atoms with van der Waals surface area (Å²) in [5.41, 5.74) is 0. The molecule has 0 aliphatic heterocycles. The molecule has 2 aliphatic rings. The molecule has 15 heavy (non-hydrogen) atoms. The minimum absolute atomic E-state index is 0. The van der Waals surface area contributed by atoms with Gasteiger partial charge in [0.2, 0.25) is 0 Å². The van der Waals surface area contributed by atoms with Gasteiger partial charge in [0.1, 0.15) is 0 Å². The van der Waals surface area contributed by atoms with Gasteiger partial charge in [0.15, 0.2) is 0 Å². The van der Waals surface area contributed by atoms with Crippen LogP contribution in [-0.2, 0) is 16.6 Å². The Hall–Kier alpha value is 1.07. The van der Waals surface area contributed by atoms with Gasteiger partial charge in [-0.1, -0.05) is 0 Å². The fourth-order valence-corrected chi connectivity index (χ4v) is 0.680. The van der Waals surface area contributed by atoms with E-state index in [0.717, 1.165) is 12.8 Å². The van der Waals surface area contributed by atoms with Crippen LogP contribution in [0.2, 0.25) is 0 Å². The molecular weight excluding hydrogens is 384 g/mol. The van der Waals surface area contributed by atoms with Crippen molar-refractivity contribution < 1.29 is 16.6 Å². The van der Waals surface area contributed by atoms with Crippen LogP contribution < -0.4 is 0 Å². The van der Waals surface area contributed by atoms with Crippen molar-refractivity contribution in [3.63, 3.8) is 0 Å².